The van der Waals surface area contributed by atoms with Crippen molar-refractivity contribution in [2.75, 3.05) is 0 Å². The minimum atomic E-state index is -0.328. The Hall–Kier alpha value is -2.18. The SMILES string of the molecule is Cc1ccc2oc(=O)cc(SC3=CC=C=C=C3)c2c1. The molecule has 0 spiro atoms. The maximum atomic E-state index is 11.6. The summed E-state index contributed by atoms with van der Waals surface area (Å²) < 4.78 is 5.21. The molecule has 1 aliphatic rings. The van der Waals surface area contributed by atoms with E-state index >= 15 is 0 Å². The number of thioether (sulfide) groups is 1. The van der Waals surface area contributed by atoms with Crippen LogP contribution in [-0.2, 0) is 0 Å². The third kappa shape index (κ3) is 2.49. The molecule has 2 nitrogen and oxygen atoms in total. The second kappa shape index (κ2) is 4.83. The third-order valence-corrected chi connectivity index (χ3v) is 3.76. The molecule has 0 radical (unpaired) electrons. The van der Waals surface area contributed by atoms with E-state index in [9.17, 15) is 4.79 Å². The molecule has 0 N–H and O–H groups in total. The van der Waals surface area contributed by atoms with Gasteiger partial charge in [0.15, 0.2) is 0 Å². The largest absolute Gasteiger partial charge is 0.423 e. The summed E-state index contributed by atoms with van der Waals surface area (Å²) in [6, 6.07) is 7.33. The maximum Gasteiger partial charge on any atom is 0.337 e. The molecule has 0 saturated carbocycles. The first-order valence-corrected chi connectivity index (χ1v) is 6.64. The number of hydrogen-bond acceptors (Lipinski definition) is 3. The maximum absolute atomic E-state index is 11.6. The summed E-state index contributed by atoms with van der Waals surface area (Å²) in [7, 11) is 0. The molecular weight excluding hydrogens is 256 g/mol. The van der Waals surface area contributed by atoms with Crippen molar-refractivity contribution in [2.24, 2.45) is 0 Å². The first kappa shape index (κ1) is 11.9. The Balaban J connectivity index is 2.14. The molecule has 2 aromatic rings. The second-order valence-corrected chi connectivity index (χ2v) is 5.32. The van der Waals surface area contributed by atoms with Crippen LogP contribution in [0.1, 0.15) is 5.56 Å². The van der Waals surface area contributed by atoms with Gasteiger partial charge < -0.3 is 4.42 Å². The van der Waals surface area contributed by atoms with E-state index in [-0.39, 0.29) is 5.63 Å². The lowest BCUT2D eigenvalue weighted by Crippen LogP contribution is -1.97. The highest BCUT2D eigenvalue weighted by molar-refractivity contribution is 8.03. The molecule has 0 amide bonds. The van der Waals surface area contributed by atoms with Gasteiger partial charge >= 0.3 is 5.63 Å². The van der Waals surface area contributed by atoms with Gasteiger partial charge in [-0.25, -0.2) is 4.79 Å². The van der Waals surface area contributed by atoms with Crippen molar-refractivity contribution in [2.45, 2.75) is 11.8 Å². The first-order chi connectivity index (χ1) is 9.22. The highest BCUT2D eigenvalue weighted by Gasteiger charge is 2.08. The van der Waals surface area contributed by atoms with Crippen molar-refractivity contribution in [1.29, 1.82) is 0 Å². The van der Waals surface area contributed by atoms with E-state index in [1.807, 2.05) is 37.3 Å². The third-order valence-electron chi connectivity index (χ3n) is 2.72. The van der Waals surface area contributed by atoms with Crippen molar-refractivity contribution in [3.05, 3.63) is 74.8 Å². The summed E-state index contributed by atoms with van der Waals surface area (Å²) in [6.45, 7) is 2.02. The van der Waals surface area contributed by atoms with Crippen molar-refractivity contribution < 1.29 is 4.42 Å². The second-order valence-electron chi connectivity index (χ2n) is 4.20. The molecule has 0 bridgehead atoms. The highest BCUT2D eigenvalue weighted by Crippen LogP contribution is 2.33. The van der Waals surface area contributed by atoms with Crippen molar-refractivity contribution >= 4 is 22.7 Å². The number of fused-ring (bicyclic) bond motifs is 1. The van der Waals surface area contributed by atoms with E-state index in [4.69, 9.17) is 4.42 Å². The summed E-state index contributed by atoms with van der Waals surface area (Å²) in [6.07, 6.45) is 5.60. The Bertz CT molecular complexity index is 843. The van der Waals surface area contributed by atoms with Gasteiger partial charge in [0.2, 0.25) is 0 Å². The Labute approximate surface area is 114 Å². The van der Waals surface area contributed by atoms with Crippen LogP contribution in [0, 0.1) is 6.92 Å². The van der Waals surface area contributed by atoms with Crippen LogP contribution in [0.15, 0.2) is 73.0 Å². The summed E-state index contributed by atoms with van der Waals surface area (Å²) >= 11 is 1.53. The van der Waals surface area contributed by atoms with Gasteiger partial charge in [-0.3, -0.25) is 0 Å². The van der Waals surface area contributed by atoms with E-state index in [1.165, 1.54) is 17.8 Å². The normalized spacial score (nSPS) is 13.0. The molecule has 1 aliphatic carbocycles. The average Bonchev–Trinajstić information content (AvgIpc) is 2.41. The van der Waals surface area contributed by atoms with Gasteiger partial charge in [-0.05, 0) is 31.2 Å². The topological polar surface area (TPSA) is 30.2 Å². The smallest absolute Gasteiger partial charge is 0.337 e. The Kier molecular flexibility index (Phi) is 3.02. The van der Waals surface area contributed by atoms with Crippen LogP contribution in [0.5, 0.6) is 0 Å². The van der Waals surface area contributed by atoms with E-state index in [1.54, 1.807) is 6.08 Å². The standard InChI is InChI=1S/C16H10O2S/c1-11-7-8-14-13(9-11)15(10-16(17)18-14)19-12-5-3-2-4-6-12/h3,5-10H,1H3. The number of hydrogen-bond donors (Lipinski definition) is 0. The van der Waals surface area contributed by atoms with Gasteiger partial charge in [-0.1, -0.05) is 34.9 Å². The van der Waals surface area contributed by atoms with Crippen LogP contribution in [0.2, 0.25) is 0 Å². The van der Waals surface area contributed by atoms with Crippen LogP contribution in [-0.4, -0.2) is 0 Å². The van der Waals surface area contributed by atoms with E-state index in [0.717, 1.165) is 20.8 Å². The lowest BCUT2D eigenvalue weighted by atomic mass is 10.2. The molecule has 0 atom stereocenters. The molecule has 92 valence electrons. The van der Waals surface area contributed by atoms with Gasteiger partial charge in [0.05, 0.1) is 0 Å². The first-order valence-electron chi connectivity index (χ1n) is 5.82. The highest BCUT2D eigenvalue weighted by atomic mass is 32.2. The molecule has 3 rings (SSSR count). The molecule has 0 unspecified atom stereocenters. The van der Waals surface area contributed by atoms with Crippen LogP contribution < -0.4 is 5.63 Å². The average molecular weight is 266 g/mol. The zero-order valence-corrected chi connectivity index (χ0v) is 11.1. The molecule has 0 saturated heterocycles. The van der Waals surface area contributed by atoms with Gasteiger partial charge in [-0.15, -0.1) is 0 Å². The summed E-state index contributed by atoms with van der Waals surface area (Å²) in [5.41, 5.74) is 7.19. The molecule has 1 aromatic heterocycles. The van der Waals surface area contributed by atoms with Crippen LogP contribution in [0.25, 0.3) is 11.0 Å². The predicted molar refractivity (Wildman–Crippen MR) is 77.3 cm³/mol. The number of rotatable bonds is 2. The monoisotopic (exact) mass is 266 g/mol. The number of benzene rings is 1. The van der Waals surface area contributed by atoms with E-state index in [0.29, 0.717) is 5.58 Å². The molecule has 0 fully saturated rings. The lowest BCUT2D eigenvalue weighted by molar-refractivity contribution is 0.557. The predicted octanol–water partition coefficient (Wildman–Crippen LogP) is 3.96. The molecular formula is C16H10O2S. The molecule has 1 heterocycles. The van der Waals surface area contributed by atoms with Crippen molar-refractivity contribution in [1.82, 2.24) is 0 Å². The minimum Gasteiger partial charge on any atom is -0.423 e. The molecule has 3 heteroatoms. The van der Waals surface area contributed by atoms with Gasteiger partial charge in [0.1, 0.15) is 5.58 Å². The fourth-order valence-electron chi connectivity index (χ4n) is 1.86. The Morgan fingerprint density at radius 1 is 1.21 bits per heavy atom. The fraction of sp³-hybridized carbons (Fsp3) is 0.0625. The van der Waals surface area contributed by atoms with Crippen LogP contribution >= 0.6 is 11.8 Å². The fourth-order valence-corrected chi connectivity index (χ4v) is 2.79. The number of allylic oxidation sites excluding steroid dienone is 3. The van der Waals surface area contributed by atoms with Crippen LogP contribution in [0.3, 0.4) is 0 Å². The minimum absolute atomic E-state index is 0.328. The van der Waals surface area contributed by atoms with Crippen molar-refractivity contribution in [3.8, 4) is 0 Å². The van der Waals surface area contributed by atoms with E-state index in [2.05, 4.69) is 11.5 Å². The Morgan fingerprint density at radius 2 is 2.11 bits per heavy atom. The Morgan fingerprint density at radius 3 is 2.89 bits per heavy atom. The number of aryl methyl sites for hydroxylation is 1. The summed E-state index contributed by atoms with van der Waals surface area (Å²) in [4.78, 5) is 13.5. The molecule has 1 aromatic carbocycles. The summed E-state index contributed by atoms with van der Waals surface area (Å²) in [5, 5.41) is 0.956. The van der Waals surface area contributed by atoms with Gasteiger partial charge in [0, 0.05) is 27.3 Å². The van der Waals surface area contributed by atoms with E-state index < -0.39 is 0 Å². The molecule has 0 aliphatic heterocycles. The summed E-state index contributed by atoms with van der Waals surface area (Å²) in [5.74, 6) is 0. The van der Waals surface area contributed by atoms with Crippen molar-refractivity contribution in [3.63, 3.8) is 0 Å². The quantitative estimate of drug-likeness (QED) is 0.609. The van der Waals surface area contributed by atoms with Gasteiger partial charge in [-0.2, -0.15) is 0 Å². The lowest BCUT2D eigenvalue weighted by Gasteiger charge is -2.06. The van der Waals surface area contributed by atoms with Crippen LogP contribution in [0.4, 0.5) is 0 Å². The zero-order chi connectivity index (χ0) is 13.2. The molecule has 19 heavy (non-hydrogen) atoms. The zero-order valence-electron chi connectivity index (χ0n) is 10.3. The van der Waals surface area contributed by atoms with Gasteiger partial charge in [0.25, 0.3) is 0 Å².